The van der Waals surface area contributed by atoms with E-state index in [1.165, 1.54) is 11.1 Å². The van der Waals surface area contributed by atoms with Gasteiger partial charge >= 0.3 is 12.1 Å². The van der Waals surface area contributed by atoms with Gasteiger partial charge in [0, 0.05) is 13.1 Å². The van der Waals surface area contributed by atoms with Crippen molar-refractivity contribution in [3.8, 4) is 0 Å². The summed E-state index contributed by atoms with van der Waals surface area (Å²) in [7, 11) is 0. The number of likely N-dealkylation sites (tertiary alicyclic amines) is 1. The van der Waals surface area contributed by atoms with Gasteiger partial charge < -0.3 is 4.90 Å². The lowest BCUT2D eigenvalue weighted by atomic mass is 9.74. The van der Waals surface area contributed by atoms with Crippen LogP contribution in [-0.2, 0) is 16.6 Å². The Hall–Kier alpha value is -1.52. The van der Waals surface area contributed by atoms with E-state index in [1.54, 1.807) is 0 Å². The van der Waals surface area contributed by atoms with Crippen molar-refractivity contribution in [1.82, 2.24) is 4.90 Å². The Morgan fingerprint density at radius 3 is 2.40 bits per heavy atom. The average molecular weight is 283 g/mol. The standard InChI is InChI=1S/C15H16F3NO/c16-15(17,18)13(20)19-9-7-14(8-10-19)6-5-11-3-1-2-4-12(11)14/h1-4H,5-10H2. The maximum Gasteiger partial charge on any atom is 0.471 e. The summed E-state index contributed by atoms with van der Waals surface area (Å²) in [5.74, 6) is -1.70. The minimum absolute atomic E-state index is 0.0149. The Kier molecular flexibility index (Phi) is 3.03. The van der Waals surface area contributed by atoms with Crippen LogP contribution in [0.5, 0.6) is 0 Å². The largest absolute Gasteiger partial charge is 0.471 e. The van der Waals surface area contributed by atoms with Crippen LogP contribution < -0.4 is 0 Å². The fraction of sp³-hybridized carbons (Fsp3) is 0.533. The molecule has 1 aliphatic heterocycles. The van der Waals surface area contributed by atoms with Crippen LogP contribution in [0, 0.1) is 0 Å². The Morgan fingerprint density at radius 1 is 1.10 bits per heavy atom. The molecule has 1 saturated heterocycles. The maximum atomic E-state index is 12.5. The number of piperidine rings is 1. The second-order valence-electron chi connectivity index (χ2n) is 5.73. The molecule has 2 aliphatic rings. The molecule has 1 heterocycles. The zero-order valence-corrected chi connectivity index (χ0v) is 11.0. The van der Waals surface area contributed by atoms with Crippen molar-refractivity contribution in [2.75, 3.05) is 13.1 Å². The number of rotatable bonds is 0. The first-order chi connectivity index (χ1) is 9.42. The first-order valence-corrected chi connectivity index (χ1v) is 6.87. The van der Waals surface area contributed by atoms with E-state index >= 15 is 0 Å². The highest BCUT2D eigenvalue weighted by Gasteiger charge is 2.47. The third-order valence-corrected chi connectivity index (χ3v) is 4.71. The average Bonchev–Trinajstić information content (AvgIpc) is 2.78. The molecule has 108 valence electrons. The molecule has 1 aromatic rings. The molecule has 0 N–H and O–H groups in total. The summed E-state index contributed by atoms with van der Waals surface area (Å²) in [6.07, 6.45) is -1.51. The SMILES string of the molecule is O=C(N1CCC2(CCc3ccccc32)CC1)C(F)(F)F. The lowest BCUT2D eigenvalue weighted by Crippen LogP contribution is -2.48. The fourth-order valence-electron chi connectivity index (χ4n) is 3.60. The molecule has 0 radical (unpaired) electrons. The molecule has 0 saturated carbocycles. The van der Waals surface area contributed by atoms with Gasteiger partial charge in [-0.3, -0.25) is 4.79 Å². The first-order valence-electron chi connectivity index (χ1n) is 6.87. The third-order valence-electron chi connectivity index (χ3n) is 4.71. The lowest BCUT2D eigenvalue weighted by molar-refractivity contribution is -0.187. The maximum absolute atomic E-state index is 12.5. The molecule has 20 heavy (non-hydrogen) atoms. The van der Waals surface area contributed by atoms with Gasteiger partial charge in [0.15, 0.2) is 0 Å². The fourth-order valence-corrected chi connectivity index (χ4v) is 3.60. The van der Waals surface area contributed by atoms with Crippen LogP contribution in [0.2, 0.25) is 0 Å². The van der Waals surface area contributed by atoms with Crippen LogP contribution in [0.25, 0.3) is 0 Å². The second-order valence-corrected chi connectivity index (χ2v) is 5.73. The molecule has 2 nitrogen and oxygen atoms in total. The molecule has 1 spiro atoms. The van der Waals surface area contributed by atoms with Gasteiger partial charge in [-0.2, -0.15) is 13.2 Å². The Balaban J connectivity index is 1.76. The number of benzene rings is 1. The van der Waals surface area contributed by atoms with E-state index in [4.69, 9.17) is 0 Å². The van der Waals surface area contributed by atoms with Crippen LogP contribution in [-0.4, -0.2) is 30.1 Å². The number of nitrogens with zero attached hydrogens (tertiary/aromatic N) is 1. The van der Waals surface area contributed by atoms with Gasteiger partial charge in [0.1, 0.15) is 0 Å². The van der Waals surface area contributed by atoms with Crippen molar-refractivity contribution in [2.24, 2.45) is 0 Å². The Labute approximate surface area is 115 Å². The van der Waals surface area contributed by atoms with Crippen molar-refractivity contribution in [2.45, 2.75) is 37.3 Å². The second kappa shape index (κ2) is 4.50. The van der Waals surface area contributed by atoms with Crippen LogP contribution in [0.3, 0.4) is 0 Å². The number of aryl methyl sites for hydroxylation is 1. The molecular formula is C15H16F3NO. The van der Waals surface area contributed by atoms with E-state index in [1.807, 2.05) is 12.1 Å². The Bertz CT molecular complexity index is 530. The highest BCUT2D eigenvalue weighted by molar-refractivity contribution is 5.82. The van der Waals surface area contributed by atoms with E-state index in [0.29, 0.717) is 12.8 Å². The number of halogens is 3. The summed E-state index contributed by atoms with van der Waals surface area (Å²) in [5.41, 5.74) is 2.57. The number of amides is 1. The quantitative estimate of drug-likeness (QED) is 0.716. The highest BCUT2D eigenvalue weighted by atomic mass is 19.4. The van der Waals surface area contributed by atoms with Crippen LogP contribution >= 0.6 is 0 Å². The minimum Gasteiger partial charge on any atom is -0.335 e. The summed E-state index contributed by atoms with van der Waals surface area (Å²) < 4.78 is 37.4. The molecular weight excluding hydrogens is 267 g/mol. The van der Waals surface area contributed by atoms with Crippen molar-refractivity contribution in [1.29, 1.82) is 0 Å². The van der Waals surface area contributed by atoms with Crippen LogP contribution in [0.15, 0.2) is 24.3 Å². The first kappa shape index (κ1) is 13.5. The van der Waals surface area contributed by atoms with E-state index in [-0.39, 0.29) is 18.5 Å². The van der Waals surface area contributed by atoms with Crippen molar-refractivity contribution >= 4 is 5.91 Å². The molecule has 0 unspecified atom stereocenters. The van der Waals surface area contributed by atoms with Gasteiger partial charge in [-0.1, -0.05) is 24.3 Å². The summed E-state index contributed by atoms with van der Waals surface area (Å²) in [5, 5.41) is 0. The predicted molar refractivity (Wildman–Crippen MR) is 68.3 cm³/mol. The molecule has 0 bridgehead atoms. The highest BCUT2D eigenvalue weighted by Crippen LogP contribution is 2.46. The summed E-state index contributed by atoms with van der Waals surface area (Å²) >= 11 is 0. The van der Waals surface area contributed by atoms with Crippen molar-refractivity contribution < 1.29 is 18.0 Å². The van der Waals surface area contributed by atoms with E-state index in [0.717, 1.165) is 17.7 Å². The summed E-state index contributed by atoms with van der Waals surface area (Å²) in [4.78, 5) is 12.2. The molecule has 1 amide bonds. The number of hydrogen-bond donors (Lipinski definition) is 0. The van der Waals surface area contributed by atoms with Gasteiger partial charge in [-0.05, 0) is 42.2 Å². The van der Waals surface area contributed by atoms with Crippen molar-refractivity contribution in [3.05, 3.63) is 35.4 Å². The minimum atomic E-state index is -4.75. The lowest BCUT2D eigenvalue weighted by Gasteiger charge is -2.40. The molecule has 0 aromatic heterocycles. The number of carbonyl (C=O) groups excluding carboxylic acids is 1. The topological polar surface area (TPSA) is 20.3 Å². The number of alkyl halides is 3. The monoisotopic (exact) mass is 283 g/mol. The molecule has 1 aromatic carbocycles. The Morgan fingerprint density at radius 2 is 1.75 bits per heavy atom. The van der Waals surface area contributed by atoms with Crippen molar-refractivity contribution in [3.63, 3.8) is 0 Å². The number of hydrogen-bond acceptors (Lipinski definition) is 1. The molecule has 0 atom stereocenters. The summed E-state index contributed by atoms with van der Waals surface area (Å²) in [6.45, 7) is 0.402. The van der Waals surface area contributed by atoms with E-state index in [2.05, 4.69) is 12.1 Å². The molecule has 3 rings (SSSR count). The number of carbonyl (C=O) groups is 1. The number of fused-ring (bicyclic) bond motifs is 2. The van der Waals surface area contributed by atoms with E-state index < -0.39 is 12.1 Å². The van der Waals surface area contributed by atoms with Gasteiger partial charge in [0.05, 0.1) is 0 Å². The van der Waals surface area contributed by atoms with E-state index in [9.17, 15) is 18.0 Å². The smallest absolute Gasteiger partial charge is 0.335 e. The van der Waals surface area contributed by atoms with Gasteiger partial charge in [0.25, 0.3) is 0 Å². The molecule has 1 fully saturated rings. The summed E-state index contributed by atoms with van der Waals surface area (Å²) in [6, 6.07) is 8.17. The normalized spacial score (nSPS) is 21.1. The van der Waals surface area contributed by atoms with Crippen LogP contribution in [0.1, 0.15) is 30.4 Å². The van der Waals surface area contributed by atoms with Gasteiger partial charge in [-0.25, -0.2) is 0 Å². The third kappa shape index (κ3) is 2.09. The van der Waals surface area contributed by atoms with Gasteiger partial charge in [-0.15, -0.1) is 0 Å². The zero-order chi connectivity index (χ0) is 14.4. The predicted octanol–water partition coefficient (Wildman–Crippen LogP) is 3.06. The molecule has 5 heteroatoms. The van der Waals surface area contributed by atoms with Crippen LogP contribution in [0.4, 0.5) is 13.2 Å². The van der Waals surface area contributed by atoms with Gasteiger partial charge in [0.2, 0.25) is 0 Å². The zero-order valence-electron chi connectivity index (χ0n) is 11.0. The molecule has 1 aliphatic carbocycles.